The molecule has 28 heavy (non-hydrogen) atoms. The van der Waals surface area contributed by atoms with Gasteiger partial charge in [0.05, 0.1) is 12.0 Å². The highest BCUT2D eigenvalue weighted by molar-refractivity contribution is 7.19. The third-order valence-corrected chi connectivity index (χ3v) is 6.01. The van der Waals surface area contributed by atoms with Gasteiger partial charge in [0, 0.05) is 16.1 Å². The van der Waals surface area contributed by atoms with Gasteiger partial charge in [-0.3, -0.25) is 4.79 Å². The van der Waals surface area contributed by atoms with Crippen molar-refractivity contribution < 1.29 is 14.3 Å². The zero-order chi connectivity index (χ0) is 19.7. The number of nitrogens with one attached hydrogen (secondary N) is 1. The van der Waals surface area contributed by atoms with Crippen molar-refractivity contribution in [1.82, 2.24) is 9.97 Å². The van der Waals surface area contributed by atoms with Crippen molar-refractivity contribution in [3.05, 3.63) is 46.1 Å². The molecule has 0 saturated carbocycles. The topological polar surface area (TPSA) is 81.2 Å². The number of aryl methyl sites for hydroxylation is 2. The molecule has 0 bridgehead atoms. The lowest BCUT2D eigenvalue weighted by atomic mass is 9.97. The molecule has 1 aromatic carbocycles. The van der Waals surface area contributed by atoms with Crippen molar-refractivity contribution in [2.24, 2.45) is 0 Å². The number of hydrogen-bond acceptors (Lipinski definition) is 7. The second-order valence-electron chi connectivity index (χ2n) is 6.77. The largest absolute Gasteiger partial charge is 0.460 e. The lowest BCUT2D eigenvalue weighted by molar-refractivity contribution is 0.0512. The van der Waals surface area contributed by atoms with Crippen LogP contribution in [-0.2, 0) is 17.6 Å². The molecular formula is C21H21N3O3S. The van der Waals surface area contributed by atoms with Crippen LogP contribution in [0, 0.1) is 0 Å². The summed E-state index contributed by atoms with van der Waals surface area (Å²) >= 11 is 1.64. The maximum Gasteiger partial charge on any atom is 0.376 e. The monoisotopic (exact) mass is 395 g/mol. The van der Waals surface area contributed by atoms with Crippen molar-refractivity contribution >= 4 is 44.8 Å². The maximum absolute atomic E-state index is 12.2. The Morgan fingerprint density at radius 1 is 1.14 bits per heavy atom. The van der Waals surface area contributed by atoms with E-state index in [1.807, 2.05) is 12.1 Å². The van der Waals surface area contributed by atoms with E-state index in [0.717, 1.165) is 35.2 Å². The summed E-state index contributed by atoms with van der Waals surface area (Å²) in [4.78, 5) is 34.9. The molecule has 0 amide bonds. The fourth-order valence-corrected chi connectivity index (χ4v) is 4.72. The fourth-order valence-electron chi connectivity index (χ4n) is 3.46. The quantitative estimate of drug-likeness (QED) is 0.498. The average Bonchev–Trinajstić information content (AvgIpc) is 3.07. The lowest BCUT2D eigenvalue weighted by Crippen LogP contribution is -2.11. The van der Waals surface area contributed by atoms with Crippen LogP contribution in [0.3, 0.4) is 0 Å². The molecule has 7 heteroatoms. The third kappa shape index (κ3) is 3.49. The van der Waals surface area contributed by atoms with Crippen LogP contribution in [0.4, 0.5) is 11.5 Å². The number of hydrogen-bond donors (Lipinski definition) is 1. The first-order valence-corrected chi connectivity index (χ1v) is 10.3. The Hall–Kier alpha value is -2.80. The molecule has 0 spiro atoms. The van der Waals surface area contributed by atoms with Crippen molar-refractivity contribution in [3.63, 3.8) is 0 Å². The molecule has 1 N–H and O–H groups in total. The summed E-state index contributed by atoms with van der Waals surface area (Å²) < 4.78 is 5.10. The van der Waals surface area contributed by atoms with Crippen molar-refractivity contribution in [2.45, 2.75) is 39.5 Å². The second-order valence-corrected chi connectivity index (χ2v) is 7.85. The highest BCUT2D eigenvalue weighted by Gasteiger charge is 2.23. The van der Waals surface area contributed by atoms with Crippen molar-refractivity contribution in [2.75, 3.05) is 11.9 Å². The van der Waals surface area contributed by atoms with E-state index in [4.69, 9.17) is 4.74 Å². The van der Waals surface area contributed by atoms with E-state index >= 15 is 0 Å². The molecule has 0 unspecified atom stereocenters. The Morgan fingerprint density at radius 2 is 1.89 bits per heavy atom. The van der Waals surface area contributed by atoms with Crippen molar-refractivity contribution in [3.8, 4) is 0 Å². The predicted octanol–water partition coefficient (Wildman–Crippen LogP) is 4.69. The molecule has 4 rings (SSSR count). The van der Waals surface area contributed by atoms with Gasteiger partial charge in [-0.2, -0.15) is 0 Å². The SMILES string of the molecule is CCOC(=O)c1nc(Nc2ccc(C(C)=O)cc2)c2c3c(sc2n1)CCCC3. The number of carbonyl (C=O) groups excluding carboxylic acids is 2. The molecule has 144 valence electrons. The number of Topliss-reactive ketones (excluding diaryl/α,β-unsaturated/α-hetero) is 1. The minimum Gasteiger partial charge on any atom is -0.460 e. The normalized spacial score (nSPS) is 13.2. The Labute approximate surface area is 167 Å². The molecule has 1 aliphatic carbocycles. The van der Waals surface area contributed by atoms with Gasteiger partial charge in [0.1, 0.15) is 10.6 Å². The van der Waals surface area contributed by atoms with Crippen LogP contribution in [-0.4, -0.2) is 28.3 Å². The number of esters is 1. The minimum atomic E-state index is -0.522. The molecule has 0 radical (unpaired) electrons. The van der Waals surface area contributed by atoms with Crippen LogP contribution in [0.5, 0.6) is 0 Å². The second kappa shape index (κ2) is 7.67. The Balaban J connectivity index is 1.80. The van der Waals surface area contributed by atoms with Crippen LogP contribution >= 0.6 is 11.3 Å². The van der Waals surface area contributed by atoms with Crippen LogP contribution in [0.2, 0.25) is 0 Å². The van der Waals surface area contributed by atoms with Crippen LogP contribution < -0.4 is 5.32 Å². The van der Waals surface area contributed by atoms with E-state index < -0.39 is 5.97 Å². The summed E-state index contributed by atoms with van der Waals surface area (Å²) in [6.07, 6.45) is 4.35. The Morgan fingerprint density at radius 3 is 2.61 bits per heavy atom. The highest BCUT2D eigenvalue weighted by Crippen LogP contribution is 2.39. The Bertz CT molecular complexity index is 1060. The number of nitrogens with zero attached hydrogens (tertiary/aromatic N) is 2. The van der Waals surface area contributed by atoms with Gasteiger partial charge in [-0.25, -0.2) is 14.8 Å². The van der Waals surface area contributed by atoms with Gasteiger partial charge in [0.2, 0.25) is 5.82 Å². The van der Waals surface area contributed by atoms with Crippen LogP contribution in [0.1, 0.15) is 58.1 Å². The average molecular weight is 395 g/mol. The number of aromatic nitrogens is 2. The molecule has 3 aromatic rings. The number of rotatable bonds is 5. The number of thiophene rings is 1. The summed E-state index contributed by atoms with van der Waals surface area (Å²) in [5.74, 6) is 0.178. The van der Waals surface area contributed by atoms with E-state index in [0.29, 0.717) is 11.4 Å². The summed E-state index contributed by atoms with van der Waals surface area (Å²) in [5, 5.41) is 4.31. The zero-order valence-electron chi connectivity index (χ0n) is 15.9. The number of ether oxygens (including phenoxy) is 1. The number of carbonyl (C=O) groups is 2. The molecule has 1 aliphatic rings. The third-order valence-electron chi connectivity index (χ3n) is 4.83. The molecule has 0 saturated heterocycles. The molecule has 6 nitrogen and oxygen atoms in total. The smallest absolute Gasteiger partial charge is 0.376 e. The summed E-state index contributed by atoms with van der Waals surface area (Å²) in [6.45, 7) is 3.58. The standard InChI is InChI=1S/C21H21N3O3S/c1-3-27-21(26)19-23-18(22-14-10-8-13(9-11-14)12(2)25)17-15-6-4-5-7-16(15)28-20(17)24-19/h8-11H,3-7H2,1-2H3,(H,22,23,24). The van der Waals surface area contributed by atoms with E-state index in [1.165, 1.54) is 16.9 Å². The number of ketones is 1. The van der Waals surface area contributed by atoms with E-state index in [2.05, 4.69) is 15.3 Å². The molecule has 2 aromatic heterocycles. The van der Waals surface area contributed by atoms with Gasteiger partial charge >= 0.3 is 5.97 Å². The Kier molecular flexibility index (Phi) is 5.09. The molecule has 2 heterocycles. The summed E-state index contributed by atoms with van der Waals surface area (Å²) in [5.41, 5.74) is 2.73. The fraction of sp³-hybridized carbons (Fsp3) is 0.333. The summed E-state index contributed by atoms with van der Waals surface area (Å²) in [6, 6.07) is 7.23. The van der Waals surface area contributed by atoms with Gasteiger partial charge in [-0.15, -0.1) is 11.3 Å². The molecular weight excluding hydrogens is 374 g/mol. The first kappa shape index (κ1) is 18.6. The van der Waals surface area contributed by atoms with Gasteiger partial charge in [0.15, 0.2) is 5.78 Å². The van der Waals surface area contributed by atoms with Gasteiger partial charge < -0.3 is 10.1 Å². The maximum atomic E-state index is 12.2. The first-order chi connectivity index (χ1) is 13.6. The number of benzene rings is 1. The van der Waals surface area contributed by atoms with Gasteiger partial charge in [-0.05, 0) is 69.4 Å². The van der Waals surface area contributed by atoms with Crippen molar-refractivity contribution in [1.29, 1.82) is 0 Å². The first-order valence-electron chi connectivity index (χ1n) is 9.44. The number of fused-ring (bicyclic) bond motifs is 3. The predicted molar refractivity (Wildman–Crippen MR) is 110 cm³/mol. The zero-order valence-corrected chi connectivity index (χ0v) is 16.7. The molecule has 0 fully saturated rings. The van der Waals surface area contributed by atoms with Crippen LogP contribution in [0.25, 0.3) is 10.2 Å². The summed E-state index contributed by atoms with van der Waals surface area (Å²) in [7, 11) is 0. The van der Waals surface area contributed by atoms with Gasteiger partial charge in [0.25, 0.3) is 0 Å². The molecule has 0 aliphatic heterocycles. The van der Waals surface area contributed by atoms with Crippen LogP contribution in [0.15, 0.2) is 24.3 Å². The van der Waals surface area contributed by atoms with E-state index in [9.17, 15) is 9.59 Å². The van der Waals surface area contributed by atoms with E-state index in [-0.39, 0.29) is 18.2 Å². The van der Waals surface area contributed by atoms with Gasteiger partial charge in [-0.1, -0.05) is 0 Å². The minimum absolute atomic E-state index is 0.0208. The number of anilines is 2. The highest BCUT2D eigenvalue weighted by atomic mass is 32.1. The van der Waals surface area contributed by atoms with E-state index in [1.54, 1.807) is 37.3 Å². The lowest BCUT2D eigenvalue weighted by Gasteiger charge is -2.13. The molecule has 0 atom stereocenters.